The fourth-order valence-corrected chi connectivity index (χ4v) is 1.60. The largest absolute Gasteiger partial charge is 0.480 e. The Morgan fingerprint density at radius 2 is 1.93 bits per heavy atom. The molecule has 0 unspecified atom stereocenters. The molecule has 0 aliphatic rings. The molecule has 15 heavy (non-hydrogen) atoms. The number of halogens is 1. The topological polar surface area (TPSA) is 40.5 Å². The maximum atomic E-state index is 11.0. The summed E-state index contributed by atoms with van der Waals surface area (Å²) in [6, 6.07) is 7.24. The van der Waals surface area contributed by atoms with Crippen molar-refractivity contribution in [2.75, 3.05) is 14.1 Å². The number of hydrogen-bond donors (Lipinski definition) is 1. The molecule has 1 N–H and O–H groups in total. The van der Waals surface area contributed by atoms with Gasteiger partial charge in [-0.15, -0.1) is 0 Å². The number of carboxylic acids is 1. The molecule has 3 nitrogen and oxygen atoms in total. The summed E-state index contributed by atoms with van der Waals surface area (Å²) in [6.07, 6.45) is 0.523. The maximum absolute atomic E-state index is 11.0. The molecule has 0 aliphatic carbocycles. The van der Waals surface area contributed by atoms with E-state index in [4.69, 9.17) is 5.11 Å². The Hall–Kier alpha value is -0.870. The zero-order chi connectivity index (χ0) is 11.4. The molecule has 4 heteroatoms. The highest BCUT2D eigenvalue weighted by Gasteiger charge is 2.19. The van der Waals surface area contributed by atoms with Crippen LogP contribution in [0.4, 0.5) is 0 Å². The standard InChI is InChI=1S/C11H14BrNO2/c1-13(2)10(11(14)15)7-8-3-5-9(12)6-4-8/h3-6,10H,7H2,1-2H3,(H,14,15)/t10-/m0/s1. The Bertz CT molecular complexity index is 335. The van der Waals surface area contributed by atoms with Gasteiger partial charge in [0, 0.05) is 4.47 Å². The Balaban J connectivity index is 2.74. The molecule has 1 aromatic carbocycles. The number of carbonyl (C=O) groups is 1. The van der Waals surface area contributed by atoms with Gasteiger partial charge in [-0.05, 0) is 38.2 Å². The van der Waals surface area contributed by atoms with E-state index < -0.39 is 12.0 Å². The molecule has 1 aromatic rings. The Labute approximate surface area is 97.8 Å². The van der Waals surface area contributed by atoms with E-state index in [1.807, 2.05) is 24.3 Å². The average molecular weight is 272 g/mol. The lowest BCUT2D eigenvalue weighted by molar-refractivity contribution is -0.142. The molecule has 0 radical (unpaired) electrons. The van der Waals surface area contributed by atoms with Gasteiger partial charge in [0.1, 0.15) is 6.04 Å². The van der Waals surface area contributed by atoms with Gasteiger partial charge in [0.05, 0.1) is 0 Å². The van der Waals surface area contributed by atoms with Crippen LogP contribution in [0.1, 0.15) is 5.56 Å². The van der Waals surface area contributed by atoms with Crippen molar-refractivity contribution >= 4 is 21.9 Å². The van der Waals surface area contributed by atoms with Gasteiger partial charge in [0.2, 0.25) is 0 Å². The zero-order valence-electron chi connectivity index (χ0n) is 8.77. The summed E-state index contributed by atoms with van der Waals surface area (Å²) in [5, 5.41) is 9.01. The van der Waals surface area contributed by atoms with Crippen molar-refractivity contribution in [3.63, 3.8) is 0 Å². The summed E-state index contributed by atoms with van der Waals surface area (Å²) in [5.74, 6) is -0.789. The quantitative estimate of drug-likeness (QED) is 0.911. The predicted molar refractivity (Wildman–Crippen MR) is 63.0 cm³/mol. The highest BCUT2D eigenvalue weighted by Crippen LogP contribution is 2.13. The van der Waals surface area contributed by atoms with E-state index in [2.05, 4.69) is 15.9 Å². The van der Waals surface area contributed by atoms with Crippen LogP contribution in [0.2, 0.25) is 0 Å². The maximum Gasteiger partial charge on any atom is 0.321 e. The first kappa shape index (κ1) is 12.2. The van der Waals surface area contributed by atoms with Gasteiger partial charge in [-0.1, -0.05) is 28.1 Å². The SMILES string of the molecule is CN(C)[C@@H](Cc1ccc(Br)cc1)C(=O)O. The zero-order valence-corrected chi connectivity index (χ0v) is 10.4. The first-order valence-electron chi connectivity index (χ1n) is 4.64. The van der Waals surface area contributed by atoms with Crippen molar-refractivity contribution in [3.05, 3.63) is 34.3 Å². The van der Waals surface area contributed by atoms with E-state index in [-0.39, 0.29) is 0 Å². The number of benzene rings is 1. The number of hydrogen-bond acceptors (Lipinski definition) is 2. The normalized spacial score (nSPS) is 12.8. The molecule has 82 valence electrons. The summed E-state index contributed by atoms with van der Waals surface area (Å²) in [4.78, 5) is 12.7. The number of rotatable bonds is 4. The van der Waals surface area contributed by atoms with Gasteiger partial charge in [0.25, 0.3) is 0 Å². The first-order valence-corrected chi connectivity index (χ1v) is 5.43. The number of aliphatic carboxylic acids is 1. The minimum Gasteiger partial charge on any atom is -0.480 e. The van der Waals surface area contributed by atoms with Crippen molar-refractivity contribution in [1.82, 2.24) is 4.90 Å². The van der Waals surface area contributed by atoms with E-state index in [0.29, 0.717) is 6.42 Å². The minimum atomic E-state index is -0.789. The van der Waals surface area contributed by atoms with Crippen LogP contribution in [0.5, 0.6) is 0 Å². The van der Waals surface area contributed by atoms with E-state index in [9.17, 15) is 4.79 Å². The van der Waals surface area contributed by atoms with E-state index >= 15 is 0 Å². The fraction of sp³-hybridized carbons (Fsp3) is 0.364. The Kier molecular flexibility index (Phi) is 4.29. The van der Waals surface area contributed by atoms with Gasteiger partial charge in [0.15, 0.2) is 0 Å². The highest BCUT2D eigenvalue weighted by molar-refractivity contribution is 9.10. The van der Waals surface area contributed by atoms with Crippen LogP contribution in [0.25, 0.3) is 0 Å². The average Bonchev–Trinajstić information content (AvgIpc) is 2.15. The van der Waals surface area contributed by atoms with Gasteiger partial charge >= 0.3 is 5.97 Å². The lowest BCUT2D eigenvalue weighted by Gasteiger charge is -2.19. The molecular formula is C11H14BrNO2. The van der Waals surface area contributed by atoms with Crippen molar-refractivity contribution in [3.8, 4) is 0 Å². The second-order valence-corrected chi connectivity index (χ2v) is 4.56. The second kappa shape index (κ2) is 5.28. The van der Waals surface area contributed by atoms with Crippen LogP contribution in [0.3, 0.4) is 0 Å². The van der Waals surface area contributed by atoms with Crippen LogP contribution in [-0.2, 0) is 11.2 Å². The van der Waals surface area contributed by atoms with Crippen molar-refractivity contribution in [1.29, 1.82) is 0 Å². The number of nitrogens with zero attached hydrogens (tertiary/aromatic N) is 1. The number of likely N-dealkylation sites (N-methyl/N-ethyl adjacent to an activating group) is 1. The summed E-state index contributed by atoms with van der Waals surface area (Å²) in [7, 11) is 3.55. The van der Waals surface area contributed by atoms with Crippen LogP contribution in [0.15, 0.2) is 28.7 Å². The molecule has 0 saturated carbocycles. The van der Waals surface area contributed by atoms with Gasteiger partial charge in [-0.2, -0.15) is 0 Å². The van der Waals surface area contributed by atoms with Crippen molar-refractivity contribution in [2.45, 2.75) is 12.5 Å². The van der Waals surface area contributed by atoms with Crippen LogP contribution in [0, 0.1) is 0 Å². The van der Waals surface area contributed by atoms with Gasteiger partial charge < -0.3 is 5.11 Å². The van der Waals surface area contributed by atoms with Crippen LogP contribution in [-0.4, -0.2) is 36.1 Å². The van der Waals surface area contributed by atoms with Gasteiger partial charge in [-0.3, -0.25) is 9.69 Å². The fourth-order valence-electron chi connectivity index (χ4n) is 1.33. The van der Waals surface area contributed by atoms with E-state index in [0.717, 1.165) is 10.0 Å². The Morgan fingerprint density at radius 3 is 2.33 bits per heavy atom. The molecule has 0 aliphatic heterocycles. The Morgan fingerprint density at radius 1 is 1.40 bits per heavy atom. The first-order chi connectivity index (χ1) is 7.00. The molecule has 0 heterocycles. The molecule has 1 rings (SSSR count). The monoisotopic (exact) mass is 271 g/mol. The summed E-state index contributed by atoms with van der Waals surface area (Å²) >= 11 is 3.34. The number of carboxylic acid groups (broad SMARTS) is 1. The van der Waals surface area contributed by atoms with Crippen LogP contribution >= 0.6 is 15.9 Å². The van der Waals surface area contributed by atoms with Crippen molar-refractivity contribution < 1.29 is 9.90 Å². The third-order valence-electron chi connectivity index (χ3n) is 2.25. The summed E-state index contributed by atoms with van der Waals surface area (Å²) < 4.78 is 1.00. The summed E-state index contributed by atoms with van der Waals surface area (Å²) in [5.41, 5.74) is 1.03. The summed E-state index contributed by atoms with van der Waals surface area (Å²) in [6.45, 7) is 0. The molecule has 0 saturated heterocycles. The molecule has 0 aromatic heterocycles. The third-order valence-corrected chi connectivity index (χ3v) is 2.78. The molecule has 1 atom stereocenters. The van der Waals surface area contributed by atoms with E-state index in [1.54, 1.807) is 19.0 Å². The van der Waals surface area contributed by atoms with Crippen LogP contribution < -0.4 is 0 Å². The predicted octanol–water partition coefficient (Wildman–Crippen LogP) is 2.01. The second-order valence-electron chi connectivity index (χ2n) is 3.65. The third kappa shape index (κ3) is 3.64. The molecule has 0 bridgehead atoms. The molecule has 0 amide bonds. The van der Waals surface area contributed by atoms with Crippen molar-refractivity contribution in [2.24, 2.45) is 0 Å². The lowest BCUT2D eigenvalue weighted by Crippen LogP contribution is -2.37. The highest BCUT2D eigenvalue weighted by atomic mass is 79.9. The molecule has 0 spiro atoms. The van der Waals surface area contributed by atoms with E-state index in [1.165, 1.54) is 0 Å². The molecular weight excluding hydrogens is 258 g/mol. The minimum absolute atomic E-state index is 0.467. The lowest BCUT2D eigenvalue weighted by atomic mass is 10.1. The molecule has 0 fully saturated rings. The van der Waals surface area contributed by atoms with Gasteiger partial charge in [-0.25, -0.2) is 0 Å². The smallest absolute Gasteiger partial charge is 0.321 e.